The van der Waals surface area contributed by atoms with Crippen molar-refractivity contribution in [3.8, 4) is 5.75 Å². The van der Waals surface area contributed by atoms with Crippen molar-refractivity contribution in [1.82, 2.24) is 0 Å². The van der Waals surface area contributed by atoms with E-state index in [4.69, 9.17) is 14.9 Å². The molecule has 23 heavy (non-hydrogen) atoms. The predicted octanol–water partition coefficient (Wildman–Crippen LogP) is 0.994. The van der Waals surface area contributed by atoms with Crippen molar-refractivity contribution < 1.29 is 34.1 Å². The van der Waals surface area contributed by atoms with Crippen LogP contribution in [0.25, 0.3) is 0 Å². The van der Waals surface area contributed by atoms with Crippen molar-refractivity contribution in [1.29, 1.82) is 0 Å². The number of carbonyl (C=O) groups is 3. The van der Waals surface area contributed by atoms with Crippen LogP contribution in [-0.2, 0) is 19.1 Å². The lowest BCUT2D eigenvalue weighted by molar-refractivity contribution is -0.143. The molecule has 0 aliphatic heterocycles. The monoisotopic (exact) mass is 325 g/mol. The predicted molar refractivity (Wildman–Crippen MR) is 80.7 cm³/mol. The van der Waals surface area contributed by atoms with Gasteiger partial charge < -0.3 is 24.6 Å². The zero-order valence-electron chi connectivity index (χ0n) is 12.7. The van der Waals surface area contributed by atoms with E-state index in [0.29, 0.717) is 11.4 Å². The van der Waals surface area contributed by atoms with Gasteiger partial charge in [0.1, 0.15) is 5.75 Å². The maximum absolute atomic E-state index is 11.0. The van der Waals surface area contributed by atoms with E-state index >= 15 is 0 Å². The molecule has 0 radical (unpaired) electrons. The molecule has 8 heteroatoms. The summed E-state index contributed by atoms with van der Waals surface area (Å²) in [6, 6.07) is 6.59. The number of anilines is 1. The lowest BCUT2D eigenvalue weighted by Crippen LogP contribution is -2.28. The molecule has 0 heterocycles. The summed E-state index contributed by atoms with van der Waals surface area (Å²) < 4.78 is 9.67. The van der Waals surface area contributed by atoms with Gasteiger partial charge in [0.25, 0.3) is 0 Å². The molecule has 0 amide bonds. The van der Waals surface area contributed by atoms with E-state index in [2.05, 4.69) is 4.74 Å². The molecule has 0 aliphatic rings. The fourth-order valence-electron chi connectivity index (χ4n) is 1.79. The molecule has 1 aromatic carbocycles. The average Bonchev–Trinajstić information content (AvgIpc) is 2.52. The summed E-state index contributed by atoms with van der Waals surface area (Å²) in [5.74, 6) is -1.96. The third-order valence-corrected chi connectivity index (χ3v) is 2.98. The fourth-order valence-corrected chi connectivity index (χ4v) is 1.79. The van der Waals surface area contributed by atoms with Crippen LogP contribution >= 0.6 is 0 Å². The Morgan fingerprint density at radius 1 is 1.00 bits per heavy atom. The largest absolute Gasteiger partial charge is 0.482 e. The Balaban J connectivity index is 2.70. The van der Waals surface area contributed by atoms with Crippen molar-refractivity contribution in [2.45, 2.75) is 12.8 Å². The van der Waals surface area contributed by atoms with Crippen molar-refractivity contribution in [3.63, 3.8) is 0 Å². The number of nitrogens with zero attached hydrogens (tertiary/aromatic N) is 1. The highest BCUT2D eigenvalue weighted by atomic mass is 16.6. The van der Waals surface area contributed by atoms with Crippen LogP contribution in [0.3, 0.4) is 0 Å². The number of carbonyl (C=O) groups excluding carboxylic acids is 1. The number of hydrogen-bond acceptors (Lipinski definition) is 6. The van der Waals surface area contributed by atoms with Crippen molar-refractivity contribution >= 4 is 23.6 Å². The van der Waals surface area contributed by atoms with Gasteiger partial charge in [0, 0.05) is 18.8 Å². The van der Waals surface area contributed by atoms with E-state index in [9.17, 15) is 14.4 Å². The standard InChI is InChI=1S/C15H19NO7/c1-22-15(21)10-23-12-4-2-11(3-5-12)16(8-6-13(17)18)9-7-14(19)20/h2-5H,6-10H2,1H3,(H,17,18)(H,19,20). The first-order chi connectivity index (χ1) is 10.9. The summed E-state index contributed by atoms with van der Waals surface area (Å²) in [5, 5.41) is 17.5. The van der Waals surface area contributed by atoms with Crippen LogP contribution in [0, 0.1) is 0 Å². The van der Waals surface area contributed by atoms with E-state index < -0.39 is 17.9 Å². The van der Waals surface area contributed by atoms with Gasteiger partial charge in [-0.3, -0.25) is 9.59 Å². The minimum absolute atomic E-state index is 0.0970. The number of hydrogen-bond donors (Lipinski definition) is 2. The van der Waals surface area contributed by atoms with E-state index in [1.165, 1.54) is 7.11 Å². The Morgan fingerprint density at radius 2 is 1.52 bits per heavy atom. The van der Waals surface area contributed by atoms with Crippen molar-refractivity contribution in [3.05, 3.63) is 24.3 Å². The summed E-state index contributed by atoms with van der Waals surface area (Å²) in [6.07, 6.45) is -0.194. The number of carboxylic acids is 2. The van der Waals surface area contributed by atoms with Gasteiger partial charge >= 0.3 is 17.9 Å². The molecule has 1 rings (SSSR count). The molecule has 0 bridgehead atoms. The molecule has 0 aliphatic carbocycles. The lowest BCUT2D eigenvalue weighted by Gasteiger charge is -2.23. The second-order valence-corrected chi connectivity index (χ2v) is 4.63. The summed E-state index contributed by atoms with van der Waals surface area (Å²) >= 11 is 0. The van der Waals surface area contributed by atoms with E-state index in [1.54, 1.807) is 29.2 Å². The van der Waals surface area contributed by atoms with E-state index in [0.717, 1.165) is 0 Å². The Hall–Kier alpha value is -2.77. The van der Waals surface area contributed by atoms with Crippen molar-refractivity contribution in [2.75, 3.05) is 31.7 Å². The SMILES string of the molecule is COC(=O)COc1ccc(N(CCC(=O)O)CCC(=O)O)cc1. The highest BCUT2D eigenvalue weighted by Gasteiger charge is 2.11. The Labute approximate surface area is 133 Å². The van der Waals surface area contributed by atoms with Crippen LogP contribution in [-0.4, -0.2) is 54.9 Å². The quantitative estimate of drug-likeness (QED) is 0.612. The Kier molecular flexibility index (Phi) is 7.38. The Bertz CT molecular complexity index is 523. The summed E-state index contributed by atoms with van der Waals surface area (Å²) in [6.45, 7) is 0.188. The number of benzene rings is 1. The van der Waals surface area contributed by atoms with Gasteiger partial charge in [-0.1, -0.05) is 0 Å². The zero-order valence-corrected chi connectivity index (χ0v) is 12.7. The topological polar surface area (TPSA) is 113 Å². The molecule has 8 nitrogen and oxygen atoms in total. The first kappa shape index (κ1) is 18.3. The van der Waals surface area contributed by atoms with Crippen molar-refractivity contribution in [2.24, 2.45) is 0 Å². The molecule has 0 atom stereocenters. The Morgan fingerprint density at radius 3 is 1.96 bits per heavy atom. The summed E-state index contributed by atoms with van der Waals surface area (Å²) in [7, 11) is 1.26. The number of esters is 1. The third kappa shape index (κ3) is 7.16. The molecule has 1 aromatic rings. The molecule has 2 N–H and O–H groups in total. The van der Waals surface area contributed by atoms with Gasteiger partial charge in [-0.2, -0.15) is 0 Å². The highest BCUT2D eigenvalue weighted by molar-refractivity contribution is 5.71. The average molecular weight is 325 g/mol. The lowest BCUT2D eigenvalue weighted by atomic mass is 10.2. The molecule has 0 saturated carbocycles. The van der Waals surface area contributed by atoms with Gasteiger partial charge in [0.2, 0.25) is 0 Å². The highest BCUT2D eigenvalue weighted by Crippen LogP contribution is 2.20. The van der Waals surface area contributed by atoms with Gasteiger partial charge in [-0.15, -0.1) is 0 Å². The van der Waals surface area contributed by atoms with Crippen LogP contribution < -0.4 is 9.64 Å². The van der Waals surface area contributed by atoms with Crippen LogP contribution in [0.5, 0.6) is 5.75 Å². The number of aliphatic carboxylic acids is 2. The molecule has 0 spiro atoms. The van der Waals surface area contributed by atoms with Crippen LogP contribution in [0.2, 0.25) is 0 Å². The maximum atomic E-state index is 11.0. The number of carboxylic acid groups (broad SMARTS) is 2. The van der Waals surface area contributed by atoms with E-state index in [-0.39, 0.29) is 32.5 Å². The minimum Gasteiger partial charge on any atom is -0.482 e. The maximum Gasteiger partial charge on any atom is 0.343 e. The molecule has 0 saturated heterocycles. The molecular weight excluding hydrogens is 306 g/mol. The van der Waals surface area contributed by atoms with Gasteiger partial charge in [-0.05, 0) is 24.3 Å². The fraction of sp³-hybridized carbons (Fsp3) is 0.400. The number of rotatable bonds is 10. The number of ether oxygens (including phenoxy) is 2. The van der Waals surface area contributed by atoms with E-state index in [1.807, 2.05) is 0 Å². The first-order valence-corrected chi connectivity index (χ1v) is 6.90. The van der Waals surface area contributed by atoms with Gasteiger partial charge in [0.15, 0.2) is 6.61 Å². The minimum atomic E-state index is -0.955. The summed E-state index contributed by atoms with van der Waals surface area (Å²) in [4.78, 5) is 34.1. The van der Waals surface area contributed by atoms with Crippen LogP contribution in [0.4, 0.5) is 5.69 Å². The van der Waals surface area contributed by atoms with Gasteiger partial charge in [0.05, 0.1) is 20.0 Å². The number of methoxy groups -OCH3 is 1. The normalized spacial score (nSPS) is 9.96. The van der Waals surface area contributed by atoms with Crippen LogP contribution in [0.15, 0.2) is 24.3 Å². The molecular formula is C15H19NO7. The first-order valence-electron chi connectivity index (χ1n) is 6.90. The molecule has 0 aromatic heterocycles. The third-order valence-electron chi connectivity index (χ3n) is 2.98. The smallest absolute Gasteiger partial charge is 0.343 e. The molecule has 0 fully saturated rings. The second-order valence-electron chi connectivity index (χ2n) is 4.63. The molecule has 126 valence electrons. The zero-order chi connectivity index (χ0) is 17.2. The van der Waals surface area contributed by atoms with Crippen LogP contribution in [0.1, 0.15) is 12.8 Å². The second kappa shape index (κ2) is 9.29. The summed E-state index contributed by atoms with van der Waals surface area (Å²) in [5.41, 5.74) is 0.679. The molecule has 0 unspecified atom stereocenters. The van der Waals surface area contributed by atoms with Gasteiger partial charge in [-0.25, -0.2) is 4.79 Å².